The van der Waals surface area contributed by atoms with Gasteiger partial charge in [-0.2, -0.15) is 0 Å². The highest BCUT2D eigenvalue weighted by Gasteiger charge is 2.48. The van der Waals surface area contributed by atoms with Crippen molar-refractivity contribution in [1.29, 1.82) is 0 Å². The minimum absolute atomic E-state index is 0.452. The first-order valence-corrected chi connectivity index (χ1v) is 8.96. The summed E-state index contributed by atoms with van der Waals surface area (Å²) in [7, 11) is 0. The van der Waals surface area contributed by atoms with Crippen molar-refractivity contribution in [2.24, 2.45) is 5.41 Å². The molecule has 0 radical (unpaired) electrons. The van der Waals surface area contributed by atoms with Crippen molar-refractivity contribution in [2.75, 3.05) is 44.8 Å². The van der Waals surface area contributed by atoms with Crippen LogP contribution < -0.4 is 10.1 Å². The minimum atomic E-state index is 0.452. The monoisotopic (exact) mass is 363 g/mol. The molecule has 2 saturated heterocycles. The van der Waals surface area contributed by atoms with E-state index in [9.17, 15) is 4.79 Å². The van der Waals surface area contributed by atoms with E-state index >= 15 is 0 Å². The number of ether oxygens (including phenoxy) is 2. The summed E-state index contributed by atoms with van der Waals surface area (Å²) in [5, 5.41) is 2.59. The minimum Gasteiger partial charge on any atom is -0.491 e. The number of aromatic nitrogens is 1. The number of amides is 1. The third-order valence-corrected chi connectivity index (χ3v) is 4.79. The predicted molar refractivity (Wildman–Crippen MR) is 102 cm³/mol. The lowest BCUT2D eigenvalue weighted by molar-refractivity contribution is -0.189. The topological polar surface area (TPSA) is 63.7 Å². The molecule has 2 aliphatic heterocycles. The Morgan fingerprint density at radius 1 is 1.19 bits per heavy atom. The number of rotatable bonds is 6. The summed E-state index contributed by atoms with van der Waals surface area (Å²) in [4.78, 5) is 17.1. The van der Waals surface area contributed by atoms with Crippen LogP contribution in [0.15, 0.2) is 42.6 Å². The van der Waals surface area contributed by atoms with Gasteiger partial charge in [0, 0.05) is 36.3 Å². The number of pyridine rings is 1. The average Bonchev–Trinajstić information content (AvgIpc) is 2.63. The number of benzene rings is 1. The summed E-state index contributed by atoms with van der Waals surface area (Å²) in [6, 6.07) is 11.1. The highest BCUT2D eigenvalue weighted by molar-refractivity contribution is 5.71. The van der Waals surface area contributed by atoms with Gasteiger partial charge in [0.1, 0.15) is 18.1 Å². The van der Waals surface area contributed by atoms with Crippen LogP contribution in [0, 0.1) is 17.3 Å². The number of anilines is 1. The fourth-order valence-corrected chi connectivity index (χ4v) is 3.32. The number of nitrogens with one attached hydrogen (secondary N) is 1. The molecule has 2 fully saturated rings. The van der Waals surface area contributed by atoms with E-state index in [-0.39, 0.29) is 0 Å². The SMILES string of the molecule is O=CNc1ccc(C#Cc2ccc(OCCN3CC4(COC4)C3)cn2)cc1. The van der Waals surface area contributed by atoms with Crippen molar-refractivity contribution in [3.05, 3.63) is 53.9 Å². The van der Waals surface area contributed by atoms with Crippen LogP contribution in [0.25, 0.3) is 0 Å². The second-order valence-corrected chi connectivity index (χ2v) is 7.02. The third kappa shape index (κ3) is 4.27. The summed E-state index contributed by atoms with van der Waals surface area (Å²) in [5.41, 5.74) is 2.74. The van der Waals surface area contributed by atoms with E-state index in [1.54, 1.807) is 18.3 Å². The summed E-state index contributed by atoms with van der Waals surface area (Å²) in [6.07, 6.45) is 2.36. The third-order valence-electron chi connectivity index (χ3n) is 4.79. The fourth-order valence-electron chi connectivity index (χ4n) is 3.32. The van der Waals surface area contributed by atoms with Crippen LogP contribution >= 0.6 is 0 Å². The van der Waals surface area contributed by atoms with E-state index in [4.69, 9.17) is 9.47 Å². The maximum Gasteiger partial charge on any atom is 0.211 e. The molecule has 1 aromatic carbocycles. The lowest BCUT2D eigenvalue weighted by atomic mass is 9.78. The Hall–Kier alpha value is -2.88. The Labute approximate surface area is 158 Å². The Kier molecular flexibility index (Phi) is 5.05. The molecule has 4 rings (SSSR count). The summed E-state index contributed by atoms with van der Waals surface area (Å²) >= 11 is 0. The van der Waals surface area contributed by atoms with E-state index < -0.39 is 0 Å². The zero-order valence-electron chi connectivity index (χ0n) is 15.0. The molecule has 0 bridgehead atoms. The van der Waals surface area contributed by atoms with Crippen LogP contribution in [0.5, 0.6) is 5.75 Å². The van der Waals surface area contributed by atoms with E-state index in [1.807, 2.05) is 24.3 Å². The van der Waals surface area contributed by atoms with Gasteiger partial charge in [-0.3, -0.25) is 9.69 Å². The second-order valence-electron chi connectivity index (χ2n) is 7.02. The number of nitrogens with zero attached hydrogens (tertiary/aromatic N) is 2. The molecule has 3 heterocycles. The van der Waals surface area contributed by atoms with Gasteiger partial charge in [0.05, 0.1) is 19.4 Å². The molecule has 6 heteroatoms. The van der Waals surface area contributed by atoms with Gasteiger partial charge in [-0.25, -0.2) is 4.98 Å². The first-order valence-electron chi connectivity index (χ1n) is 8.96. The van der Waals surface area contributed by atoms with Crippen LogP contribution in [0.2, 0.25) is 0 Å². The number of hydrogen-bond donors (Lipinski definition) is 1. The van der Waals surface area contributed by atoms with Gasteiger partial charge in [-0.15, -0.1) is 0 Å². The standard InChI is InChI=1S/C21H21N3O3/c25-16-23-19-5-2-17(3-6-19)1-4-18-7-8-20(11-22-18)27-10-9-24-12-21(13-24)14-26-15-21/h2-3,5-8,11,16H,9-10,12-15H2,(H,23,25). The molecule has 0 aliphatic carbocycles. The molecule has 0 saturated carbocycles. The van der Waals surface area contributed by atoms with E-state index in [1.165, 1.54) is 0 Å². The Morgan fingerprint density at radius 3 is 2.63 bits per heavy atom. The van der Waals surface area contributed by atoms with Gasteiger partial charge >= 0.3 is 0 Å². The van der Waals surface area contributed by atoms with Crippen molar-refractivity contribution < 1.29 is 14.3 Å². The average molecular weight is 363 g/mol. The van der Waals surface area contributed by atoms with Gasteiger partial charge < -0.3 is 14.8 Å². The van der Waals surface area contributed by atoms with Gasteiger partial charge in [-0.05, 0) is 42.3 Å². The van der Waals surface area contributed by atoms with E-state index in [2.05, 4.69) is 27.0 Å². The van der Waals surface area contributed by atoms with Gasteiger partial charge in [0.25, 0.3) is 0 Å². The lowest BCUT2D eigenvalue weighted by Crippen LogP contribution is -2.66. The second kappa shape index (κ2) is 7.78. The zero-order valence-corrected chi connectivity index (χ0v) is 15.0. The van der Waals surface area contributed by atoms with Gasteiger partial charge in [0.2, 0.25) is 6.41 Å². The normalized spacial score (nSPS) is 17.2. The van der Waals surface area contributed by atoms with Crippen molar-refractivity contribution in [3.63, 3.8) is 0 Å². The Morgan fingerprint density at radius 2 is 2.00 bits per heavy atom. The molecule has 2 aromatic rings. The Balaban J connectivity index is 1.23. The van der Waals surface area contributed by atoms with Gasteiger partial charge in [-0.1, -0.05) is 5.92 Å². The number of carbonyl (C=O) groups is 1. The first-order chi connectivity index (χ1) is 13.2. The maximum absolute atomic E-state index is 10.4. The number of carbonyl (C=O) groups excluding carboxylic acids is 1. The van der Waals surface area contributed by atoms with Crippen LogP contribution in [0.4, 0.5) is 5.69 Å². The van der Waals surface area contributed by atoms with E-state index in [0.717, 1.165) is 49.8 Å². The summed E-state index contributed by atoms with van der Waals surface area (Å²) in [6.45, 7) is 5.65. The van der Waals surface area contributed by atoms with Crippen molar-refractivity contribution in [2.45, 2.75) is 0 Å². The maximum atomic E-state index is 10.4. The van der Waals surface area contributed by atoms with Crippen LogP contribution in [-0.4, -0.2) is 55.7 Å². The number of hydrogen-bond acceptors (Lipinski definition) is 5. The predicted octanol–water partition coefficient (Wildman–Crippen LogP) is 1.76. The molecule has 6 nitrogen and oxygen atoms in total. The van der Waals surface area contributed by atoms with Crippen molar-refractivity contribution >= 4 is 12.1 Å². The molecule has 1 amide bonds. The van der Waals surface area contributed by atoms with Crippen LogP contribution in [0.3, 0.4) is 0 Å². The lowest BCUT2D eigenvalue weighted by Gasteiger charge is -2.55. The number of likely N-dealkylation sites (tertiary alicyclic amines) is 1. The highest BCUT2D eigenvalue weighted by Crippen LogP contribution is 2.37. The molecule has 0 unspecified atom stereocenters. The molecular weight excluding hydrogens is 342 g/mol. The zero-order chi connectivity index (χ0) is 18.5. The molecular formula is C21H21N3O3. The first kappa shape index (κ1) is 17.5. The molecule has 2 aliphatic rings. The highest BCUT2D eigenvalue weighted by atomic mass is 16.5. The summed E-state index contributed by atoms with van der Waals surface area (Å²) < 4.78 is 11.1. The summed E-state index contributed by atoms with van der Waals surface area (Å²) in [5.74, 6) is 6.84. The van der Waals surface area contributed by atoms with Gasteiger partial charge in [0.15, 0.2) is 0 Å². The van der Waals surface area contributed by atoms with Crippen molar-refractivity contribution in [3.8, 4) is 17.6 Å². The Bertz CT molecular complexity index is 841. The van der Waals surface area contributed by atoms with Crippen molar-refractivity contribution in [1.82, 2.24) is 9.88 Å². The molecule has 1 aromatic heterocycles. The molecule has 1 spiro atoms. The quantitative estimate of drug-likeness (QED) is 0.626. The van der Waals surface area contributed by atoms with E-state index in [0.29, 0.717) is 24.1 Å². The molecule has 0 atom stereocenters. The largest absolute Gasteiger partial charge is 0.491 e. The molecule has 138 valence electrons. The molecule has 27 heavy (non-hydrogen) atoms. The molecule has 1 N–H and O–H groups in total. The fraction of sp³-hybridized carbons (Fsp3) is 0.333. The van der Waals surface area contributed by atoms with Crippen LogP contribution in [-0.2, 0) is 9.53 Å². The smallest absolute Gasteiger partial charge is 0.211 e. The van der Waals surface area contributed by atoms with Crippen LogP contribution in [0.1, 0.15) is 11.3 Å².